The highest BCUT2D eigenvalue weighted by Gasteiger charge is 2.20. The molecule has 0 fully saturated rings. The number of aryl methyl sites for hydroxylation is 1. The second-order valence-electron chi connectivity index (χ2n) is 3.25. The second-order valence-corrected chi connectivity index (χ2v) is 3.25. The van der Waals surface area contributed by atoms with Crippen LogP contribution >= 0.6 is 0 Å². The van der Waals surface area contributed by atoms with E-state index in [1.165, 1.54) is 10.7 Å². The second kappa shape index (κ2) is 5.26. The Bertz CT molecular complexity index is 388. The van der Waals surface area contributed by atoms with Gasteiger partial charge in [-0.15, -0.1) is 0 Å². The minimum Gasteiger partial charge on any atom is -0.480 e. The van der Waals surface area contributed by atoms with Crippen molar-refractivity contribution < 1.29 is 19.8 Å². The van der Waals surface area contributed by atoms with Crippen LogP contribution in [0.2, 0.25) is 0 Å². The molecule has 16 heavy (non-hydrogen) atoms. The summed E-state index contributed by atoms with van der Waals surface area (Å²) in [6.45, 7) is -0.306. The fourth-order valence-corrected chi connectivity index (χ4v) is 1.15. The highest BCUT2D eigenvalue weighted by atomic mass is 16.4. The number of aliphatic hydroxyl groups excluding tert-OH is 1. The van der Waals surface area contributed by atoms with Gasteiger partial charge in [0.05, 0.1) is 0 Å². The Hall–Kier alpha value is -1.89. The summed E-state index contributed by atoms with van der Waals surface area (Å²) in [6.07, 6.45) is 1.55. The SMILES string of the molecule is Cn1ccc(C(=O)N[C@H](CCO)C(=O)O)n1. The first kappa shape index (κ1) is 12.2. The molecule has 0 aromatic carbocycles. The zero-order valence-electron chi connectivity index (χ0n) is 8.75. The molecule has 1 heterocycles. The van der Waals surface area contributed by atoms with Crippen LogP contribution in [0.3, 0.4) is 0 Å². The Morgan fingerprint density at radius 3 is 2.75 bits per heavy atom. The molecule has 1 atom stereocenters. The lowest BCUT2D eigenvalue weighted by atomic mass is 10.2. The van der Waals surface area contributed by atoms with Crippen molar-refractivity contribution in [3.63, 3.8) is 0 Å². The predicted molar refractivity (Wildman–Crippen MR) is 53.8 cm³/mol. The minimum absolute atomic E-state index is 0.0338. The van der Waals surface area contributed by atoms with Crippen LogP contribution in [0.25, 0.3) is 0 Å². The van der Waals surface area contributed by atoms with E-state index in [9.17, 15) is 9.59 Å². The van der Waals surface area contributed by atoms with Crippen LogP contribution in [0.5, 0.6) is 0 Å². The van der Waals surface area contributed by atoms with Gasteiger partial charge in [-0.2, -0.15) is 5.10 Å². The quantitative estimate of drug-likeness (QED) is 0.597. The van der Waals surface area contributed by atoms with E-state index in [-0.39, 0.29) is 18.7 Å². The van der Waals surface area contributed by atoms with Crippen molar-refractivity contribution in [3.8, 4) is 0 Å². The Labute approximate surface area is 91.7 Å². The first-order valence-electron chi connectivity index (χ1n) is 4.68. The molecule has 0 aliphatic heterocycles. The molecule has 0 aliphatic rings. The summed E-state index contributed by atoms with van der Waals surface area (Å²) in [4.78, 5) is 22.2. The summed E-state index contributed by atoms with van der Waals surface area (Å²) in [5, 5.41) is 23.5. The van der Waals surface area contributed by atoms with Gasteiger partial charge in [-0.1, -0.05) is 0 Å². The van der Waals surface area contributed by atoms with Crippen LogP contribution in [0.4, 0.5) is 0 Å². The van der Waals surface area contributed by atoms with Gasteiger partial charge in [0.25, 0.3) is 5.91 Å². The van der Waals surface area contributed by atoms with Crippen LogP contribution in [0.15, 0.2) is 12.3 Å². The van der Waals surface area contributed by atoms with Crippen LogP contribution < -0.4 is 5.32 Å². The van der Waals surface area contributed by atoms with Gasteiger partial charge in [0.15, 0.2) is 0 Å². The zero-order valence-corrected chi connectivity index (χ0v) is 8.75. The molecule has 0 saturated carbocycles. The van der Waals surface area contributed by atoms with Gasteiger partial charge in [-0.3, -0.25) is 9.48 Å². The van der Waals surface area contributed by atoms with Gasteiger partial charge in [0, 0.05) is 26.3 Å². The number of carboxylic acids is 1. The Morgan fingerprint density at radius 1 is 1.62 bits per heavy atom. The standard InChI is InChI=1S/C9H13N3O4/c1-12-4-2-6(11-12)8(14)10-7(3-5-13)9(15)16/h2,4,7,13H,3,5H2,1H3,(H,10,14)(H,15,16)/t7-/m1/s1. The van der Waals surface area contributed by atoms with Crippen molar-refractivity contribution in [1.29, 1.82) is 0 Å². The molecule has 0 bridgehead atoms. The van der Waals surface area contributed by atoms with Gasteiger partial charge < -0.3 is 15.5 Å². The van der Waals surface area contributed by atoms with Crippen molar-refractivity contribution in [2.75, 3.05) is 6.61 Å². The number of amides is 1. The van der Waals surface area contributed by atoms with Crippen LogP contribution in [0.1, 0.15) is 16.9 Å². The number of hydrogen-bond acceptors (Lipinski definition) is 4. The van der Waals surface area contributed by atoms with Crippen molar-refractivity contribution in [2.24, 2.45) is 7.05 Å². The molecule has 1 amide bonds. The fourth-order valence-electron chi connectivity index (χ4n) is 1.15. The van der Waals surface area contributed by atoms with E-state index in [1.54, 1.807) is 13.2 Å². The van der Waals surface area contributed by atoms with E-state index >= 15 is 0 Å². The maximum atomic E-state index is 11.5. The van der Waals surface area contributed by atoms with Gasteiger partial charge in [0.1, 0.15) is 11.7 Å². The summed E-state index contributed by atoms with van der Waals surface area (Å²) in [7, 11) is 1.65. The van der Waals surface area contributed by atoms with E-state index < -0.39 is 17.9 Å². The lowest BCUT2D eigenvalue weighted by Crippen LogP contribution is -2.41. The topological polar surface area (TPSA) is 104 Å². The van der Waals surface area contributed by atoms with Gasteiger partial charge in [0.2, 0.25) is 0 Å². The maximum absolute atomic E-state index is 11.5. The summed E-state index contributed by atoms with van der Waals surface area (Å²) < 4.78 is 1.44. The lowest BCUT2D eigenvalue weighted by Gasteiger charge is -2.11. The van der Waals surface area contributed by atoms with Crippen LogP contribution in [-0.2, 0) is 11.8 Å². The number of carboxylic acid groups (broad SMARTS) is 1. The van der Waals surface area contributed by atoms with E-state index in [2.05, 4.69) is 10.4 Å². The monoisotopic (exact) mass is 227 g/mol. The highest BCUT2D eigenvalue weighted by Crippen LogP contribution is 1.97. The number of hydrogen-bond donors (Lipinski definition) is 3. The number of rotatable bonds is 5. The summed E-state index contributed by atoms with van der Waals surface area (Å²) >= 11 is 0. The molecule has 0 saturated heterocycles. The smallest absolute Gasteiger partial charge is 0.326 e. The van der Waals surface area contributed by atoms with Gasteiger partial charge >= 0.3 is 5.97 Å². The van der Waals surface area contributed by atoms with E-state index in [1.807, 2.05) is 0 Å². The van der Waals surface area contributed by atoms with Crippen molar-refractivity contribution in [1.82, 2.24) is 15.1 Å². The van der Waals surface area contributed by atoms with E-state index in [0.29, 0.717) is 0 Å². The number of aliphatic hydroxyl groups is 1. The highest BCUT2D eigenvalue weighted by molar-refractivity contribution is 5.94. The Morgan fingerprint density at radius 2 is 2.31 bits per heavy atom. The molecular formula is C9H13N3O4. The summed E-state index contributed by atoms with van der Waals surface area (Å²) in [5.41, 5.74) is 0.145. The van der Waals surface area contributed by atoms with Gasteiger partial charge in [-0.05, 0) is 6.07 Å². The molecule has 7 nitrogen and oxygen atoms in total. The molecule has 1 aromatic heterocycles. The number of nitrogens with zero attached hydrogens (tertiary/aromatic N) is 2. The first-order valence-corrected chi connectivity index (χ1v) is 4.68. The molecule has 88 valence electrons. The normalized spacial score (nSPS) is 12.1. The van der Waals surface area contributed by atoms with Crippen molar-refractivity contribution >= 4 is 11.9 Å². The summed E-state index contributed by atoms with van der Waals surface area (Å²) in [5.74, 6) is -1.75. The summed E-state index contributed by atoms with van der Waals surface area (Å²) in [6, 6.07) is 0.382. The number of aliphatic carboxylic acids is 1. The molecular weight excluding hydrogens is 214 g/mol. The lowest BCUT2D eigenvalue weighted by molar-refractivity contribution is -0.139. The van der Waals surface area contributed by atoms with Crippen molar-refractivity contribution in [3.05, 3.63) is 18.0 Å². The number of aromatic nitrogens is 2. The number of nitrogens with one attached hydrogen (secondary N) is 1. The fraction of sp³-hybridized carbons (Fsp3) is 0.444. The predicted octanol–water partition coefficient (Wildman–Crippen LogP) is -1.01. The molecule has 0 aliphatic carbocycles. The molecule has 0 radical (unpaired) electrons. The third-order valence-corrected chi connectivity index (χ3v) is 1.97. The van der Waals surface area contributed by atoms with E-state index in [4.69, 9.17) is 10.2 Å². The molecule has 7 heteroatoms. The van der Waals surface area contributed by atoms with Gasteiger partial charge in [-0.25, -0.2) is 4.79 Å². The van der Waals surface area contributed by atoms with Crippen molar-refractivity contribution in [2.45, 2.75) is 12.5 Å². The Balaban J connectivity index is 2.65. The molecule has 0 spiro atoms. The maximum Gasteiger partial charge on any atom is 0.326 e. The molecule has 3 N–H and O–H groups in total. The van der Waals surface area contributed by atoms with Crippen LogP contribution in [-0.4, -0.2) is 44.5 Å². The Kier molecular flexibility index (Phi) is 4.01. The number of carbonyl (C=O) groups is 2. The number of carbonyl (C=O) groups excluding carboxylic acids is 1. The molecule has 1 aromatic rings. The molecule has 0 unspecified atom stereocenters. The third-order valence-electron chi connectivity index (χ3n) is 1.97. The zero-order chi connectivity index (χ0) is 12.1. The largest absolute Gasteiger partial charge is 0.480 e. The van der Waals surface area contributed by atoms with Crippen LogP contribution in [0, 0.1) is 0 Å². The minimum atomic E-state index is -1.18. The first-order chi connectivity index (χ1) is 7.54. The van der Waals surface area contributed by atoms with E-state index in [0.717, 1.165) is 0 Å². The average molecular weight is 227 g/mol. The third kappa shape index (κ3) is 3.06. The average Bonchev–Trinajstić information content (AvgIpc) is 2.64. The molecule has 1 rings (SSSR count).